The van der Waals surface area contributed by atoms with Crippen molar-refractivity contribution >= 4 is 35.1 Å². The minimum absolute atomic E-state index is 0.0559. The van der Waals surface area contributed by atoms with Crippen LogP contribution in [0.25, 0.3) is 10.6 Å². The number of aromatic hydroxyl groups is 1. The zero-order valence-electron chi connectivity index (χ0n) is 13.0. The molecule has 0 aliphatic rings. The van der Waals surface area contributed by atoms with E-state index in [1.54, 1.807) is 30.3 Å². The number of phenolic OH excluding ortho intramolecular Hbond substituents is 1. The number of carbonyl (C=O) groups is 1. The SMILES string of the molecule is COc1cccc(/C=N\NC(=O)c2cc(-c3ccc(Cl)s3)[nH]n2)c1O. The number of amides is 1. The van der Waals surface area contributed by atoms with Gasteiger partial charge in [-0.1, -0.05) is 17.7 Å². The van der Waals surface area contributed by atoms with Crippen molar-refractivity contribution < 1.29 is 14.6 Å². The number of carbonyl (C=O) groups excluding carboxylic acids is 1. The first kappa shape index (κ1) is 17.0. The molecule has 128 valence electrons. The fraction of sp³-hybridized carbons (Fsp3) is 0.0625. The van der Waals surface area contributed by atoms with Crippen molar-refractivity contribution in [3.63, 3.8) is 0 Å². The van der Waals surface area contributed by atoms with Gasteiger partial charge in [0.1, 0.15) is 0 Å². The Morgan fingerprint density at radius 2 is 2.28 bits per heavy atom. The van der Waals surface area contributed by atoms with E-state index in [0.717, 1.165) is 4.88 Å². The molecule has 1 aromatic carbocycles. The second-order valence-corrected chi connectivity index (χ2v) is 6.58. The molecule has 0 bridgehead atoms. The van der Waals surface area contributed by atoms with Gasteiger partial charge in [0.15, 0.2) is 17.2 Å². The lowest BCUT2D eigenvalue weighted by Crippen LogP contribution is -2.18. The largest absolute Gasteiger partial charge is 0.504 e. The highest BCUT2D eigenvalue weighted by Gasteiger charge is 2.12. The summed E-state index contributed by atoms with van der Waals surface area (Å²) in [5.74, 6) is -0.217. The van der Waals surface area contributed by atoms with Gasteiger partial charge in [-0.2, -0.15) is 10.2 Å². The smallest absolute Gasteiger partial charge is 0.291 e. The van der Waals surface area contributed by atoms with Crippen LogP contribution in [0.1, 0.15) is 16.1 Å². The van der Waals surface area contributed by atoms with Gasteiger partial charge < -0.3 is 9.84 Å². The molecule has 1 amide bonds. The zero-order valence-corrected chi connectivity index (χ0v) is 14.6. The van der Waals surface area contributed by atoms with Gasteiger partial charge in [-0.3, -0.25) is 9.89 Å². The predicted octanol–water partition coefficient (Wildman–Crippen LogP) is 3.27. The van der Waals surface area contributed by atoms with Gasteiger partial charge in [0.25, 0.3) is 5.91 Å². The number of thiophene rings is 1. The summed E-state index contributed by atoms with van der Waals surface area (Å²) in [6.45, 7) is 0. The lowest BCUT2D eigenvalue weighted by atomic mass is 10.2. The van der Waals surface area contributed by atoms with Gasteiger partial charge in [-0.15, -0.1) is 11.3 Å². The van der Waals surface area contributed by atoms with E-state index in [9.17, 15) is 9.90 Å². The first-order chi connectivity index (χ1) is 12.1. The molecule has 0 spiro atoms. The number of halogens is 1. The summed E-state index contributed by atoms with van der Waals surface area (Å²) in [6.07, 6.45) is 1.32. The van der Waals surface area contributed by atoms with E-state index in [1.807, 2.05) is 6.07 Å². The lowest BCUT2D eigenvalue weighted by Gasteiger charge is -2.04. The number of H-pyrrole nitrogens is 1. The van der Waals surface area contributed by atoms with Crippen LogP contribution in [-0.2, 0) is 0 Å². The molecule has 0 saturated heterocycles. The summed E-state index contributed by atoms with van der Waals surface area (Å²) >= 11 is 7.28. The lowest BCUT2D eigenvalue weighted by molar-refractivity contribution is 0.0950. The number of rotatable bonds is 5. The van der Waals surface area contributed by atoms with Crippen molar-refractivity contribution in [1.82, 2.24) is 15.6 Å². The van der Waals surface area contributed by atoms with Gasteiger partial charge in [-0.25, -0.2) is 5.43 Å². The number of para-hydroxylation sites is 1. The maximum Gasteiger partial charge on any atom is 0.291 e. The normalized spacial score (nSPS) is 11.0. The maximum absolute atomic E-state index is 12.1. The Morgan fingerprint density at radius 1 is 1.44 bits per heavy atom. The molecule has 3 aromatic rings. The Balaban J connectivity index is 1.68. The molecule has 7 nitrogen and oxygen atoms in total. The highest BCUT2D eigenvalue weighted by Crippen LogP contribution is 2.30. The molecule has 0 atom stereocenters. The highest BCUT2D eigenvalue weighted by atomic mass is 35.5. The molecule has 3 N–H and O–H groups in total. The third-order valence-electron chi connectivity index (χ3n) is 3.27. The highest BCUT2D eigenvalue weighted by molar-refractivity contribution is 7.19. The Labute approximate surface area is 151 Å². The van der Waals surface area contributed by atoms with Crippen molar-refractivity contribution in [2.24, 2.45) is 5.10 Å². The number of nitrogens with one attached hydrogen (secondary N) is 2. The molecule has 25 heavy (non-hydrogen) atoms. The molecule has 0 unspecified atom stereocenters. The van der Waals surface area contributed by atoms with Crippen LogP contribution in [0.15, 0.2) is 41.5 Å². The number of methoxy groups -OCH3 is 1. The van der Waals surface area contributed by atoms with Crippen molar-refractivity contribution in [3.05, 3.63) is 52.0 Å². The molecule has 2 aromatic heterocycles. The molecule has 3 rings (SSSR count). The van der Waals surface area contributed by atoms with E-state index in [4.69, 9.17) is 16.3 Å². The van der Waals surface area contributed by atoms with Crippen molar-refractivity contribution in [2.45, 2.75) is 0 Å². The minimum atomic E-state index is -0.483. The number of hydrogen-bond acceptors (Lipinski definition) is 6. The number of aromatic nitrogens is 2. The number of nitrogens with zero attached hydrogens (tertiary/aromatic N) is 2. The summed E-state index contributed by atoms with van der Waals surface area (Å²) in [5.41, 5.74) is 3.65. The van der Waals surface area contributed by atoms with Gasteiger partial charge in [0.2, 0.25) is 0 Å². The molecule has 2 heterocycles. The Kier molecular flexibility index (Phi) is 5.01. The van der Waals surface area contributed by atoms with Crippen LogP contribution >= 0.6 is 22.9 Å². The molecule has 0 aliphatic heterocycles. The van der Waals surface area contributed by atoms with Gasteiger partial charge in [0, 0.05) is 5.56 Å². The van der Waals surface area contributed by atoms with Crippen LogP contribution < -0.4 is 10.2 Å². The van der Waals surface area contributed by atoms with Crippen LogP contribution in [0.5, 0.6) is 11.5 Å². The van der Waals surface area contributed by atoms with Crippen LogP contribution in [0.4, 0.5) is 0 Å². The van der Waals surface area contributed by atoms with Crippen LogP contribution in [0.2, 0.25) is 4.34 Å². The number of benzene rings is 1. The summed E-state index contributed by atoms with van der Waals surface area (Å²) in [6, 6.07) is 10.2. The Hall–Kier alpha value is -2.84. The van der Waals surface area contributed by atoms with E-state index < -0.39 is 5.91 Å². The van der Waals surface area contributed by atoms with E-state index in [2.05, 4.69) is 20.7 Å². The minimum Gasteiger partial charge on any atom is -0.504 e. The number of hydrogen-bond donors (Lipinski definition) is 3. The third kappa shape index (κ3) is 3.81. The summed E-state index contributed by atoms with van der Waals surface area (Å²) in [4.78, 5) is 13.0. The number of ether oxygens (including phenoxy) is 1. The van der Waals surface area contributed by atoms with E-state index in [1.165, 1.54) is 24.7 Å². The summed E-state index contributed by atoms with van der Waals surface area (Å²) in [5, 5.41) is 20.5. The van der Waals surface area contributed by atoms with E-state index >= 15 is 0 Å². The standard InChI is InChI=1S/C16H13ClN4O3S/c1-24-12-4-2-3-9(15(12)22)8-18-21-16(23)11-7-10(19-20-11)13-5-6-14(17)25-13/h2-8,22H,1H3,(H,19,20)(H,21,23)/b18-8-. The third-order valence-corrected chi connectivity index (χ3v) is 4.53. The number of hydrazone groups is 1. The second kappa shape index (κ2) is 7.37. The Morgan fingerprint density at radius 3 is 3.00 bits per heavy atom. The molecule has 0 saturated carbocycles. The molecule has 0 fully saturated rings. The number of phenols is 1. The molecule has 0 aliphatic carbocycles. The summed E-state index contributed by atoms with van der Waals surface area (Å²) in [7, 11) is 1.45. The molecular weight excluding hydrogens is 364 g/mol. The van der Waals surface area contributed by atoms with Crippen LogP contribution in [-0.4, -0.2) is 34.5 Å². The first-order valence-electron chi connectivity index (χ1n) is 7.09. The monoisotopic (exact) mass is 376 g/mol. The average molecular weight is 377 g/mol. The fourth-order valence-electron chi connectivity index (χ4n) is 2.05. The average Bonchev–Trinajstić information content (AvgIpc) is 3.25. The van der Waals surface area contributed by atoms with Crippen molar-refractivity contribution in [1.29, 1.82) is 0 Å². The van der Waals surface area contributed by atoms with Gasteiger partial charge in [0.05, 0.1) is 28.2 Å². The Bertz CT molecular complexity index is 935. The van der Waals surface area contributed by atoms with Crippen molar-refractivity contribution in [2.75, 3.05) is 7.11 Å². The quantitative estimate of drug-likeness (QED) is 0.470. The fourth-order valence-corrected chi connectivity index (χ4v) is 3.06. The maximum atomic E-state index is 12.1. The first-order valence-corrected chi connectivity index (χ1v) is 8.28. The van der Waals surface area contributed by atoms with Gasteiger partial charge >= 0.3 is 0 Å². The predicted molar refractivity (Wildman–Crippen MR) is 96.6 cm³/mol. The van der Waals surface area contributed by atoms with Crippen LogP contribution in [0, 0.1) is 0 Å². The second-order valence-electron chi connectivity index (χ2n) is 4.87. The van der Waals surface area contributed by atoms with Gasteiger partial charge in [-0.05, 0) is 30.3 Å². The summed E-state index contributed by atoms with van der Waals surface area (Å²) < 4.78 is 5.66. The van der Waals surface area contributed by atoms with E-state index in [0.29, 0.717) is 21.3 Å². The molecule has 9 heteroatoms. The molecular formula is C16H13ClN4O3S. The van der Waals surface area contributed by atoms with Crippen molar-refractivity contribution in [3.8, 4) is 22.1 Å². The zero-order chi connectivity index (χ0) is 17.8. The van der Waals surface area contributed by atoms with Crippen LogP contribution in [0.3, 0.4) is 0 Å². The number of aromatic amines is 1. The van der Waals surface area contributed by atoms with E-state index in [-0.39, 0.29) is 11.4 Å². The topological polar surface area (TPSA) is 99.6 Å². The molecule has 0 radical (unpaired) electrons.